The molecule has 0 spiro atoms. The van der Waals surface area contributed by atoms with E-state index in [2.05, 4.69) is 20.9 Å². The van der Waals surface area contributed by atoms with E-state index in [0.717, 1.165) is 10.2 Å². The molecule has 0 aliphatic heterocycles. The van der Waals surface area contributed by atoms with Crippen molar-refractivity contribution in [2.24, 2.45) is 0 Å². The predicted molar refractivity (Wildman–Crippen MR) is 44.2 cm³/mol. The number of methoxy groups -OCH3 is 1. The number of aromatic nitrogens is 1. The van der Waals surface area contributed by atoms with Gasteiger partial charge in [-0.2, -0.15) is 0 Å². The molecule has 0 amide bonds. The summed E-state index contributed by atoms with van der Waals surface area (Å²) in [7, 11) is 1.61. The first-order chi connectivity index (χ1) is 4.33. The van der Waals surface area contributed by atoms with Gasteiger partial charge in [0.2, 0.25) is 0 Å². The van der Waals surface area contributed by atoms with Gasteiger partial charge < -0.3 is 4.74 Å². The van der Waals surface area contributed by atoms with Crippen LogP contribution in [0, 0.1) is 0 Å². The fraction of sp³-hybridized carbons (Fsp3) is 0.167. The fourth-order valence-corrected chi connectivity index (χ4v) is 0.848. The smallest absolute Gasteiger partial charge is 0.138 e. The van der Waals surface area contributed by atoms with Crippen molar-refractivity contribution in [2.45, 2.75) is 0 Å². The molecule has 49 valence electrons. The second kappa shape index (κ2) is 5.13. The molecule has 1 radical (unpaired) electrons. The molecular weight excluding hydrogens is 205 g/mol. The second-order valence-corrected chi connectivity index (χ2v) is 2.46. The quantitative estimate of drug-likeness (QED) is 0.656. The average Bonchev–Trinajstić information content (AvgIpc) is 1.88. The average molecular weight is 211 g/mol. The van der Waals surface area contributed by atoms with Crippen molar-refractivity contribution in [3.63, 3.8) is 0 Å². The van der Waals surface area contributed by atoms with Crippen molar-refractivity contribution in [1.29, 1.82) is 0 Å². The molecule has 0 fully saturated rings. The number of hydrogen-bond donors (Lipinski definition) is 0. The van der Waals surface area contributed by atoms with Crippen LogP contribution in [0.3, 0.4) is 0 Å². The number of ether oxygens (including phenoxy) is 1. The zero-order chi connectivity index (χ0) is 6.69. The standard InChI is InChI=1S/C6H6BrNO.Na/c1-9-6-2-5(7)3-8-4-6;/h2-4H,1H3;. The van der Waals surface area contributed by atoms with Crippen LogP contribution in [-0.4, -0.2) is 41.7 Å². The van der Waals surface area contributed by atoms with E-state index in [-0.39, 0.29) is 29.6 Å². The largest absolute Gasteiger partial charge is 0.495 e. The number of nitrogens with zero attached hydrogens (tertiary/aromatic N) is 1. The Bertz CT molecular complexity index is 207. The van der Waals surface area contributed by atoms with Crippen molar-refractivity contribution in [2.75, 3.05) is 7.11 Å². The fourth-order valence-electron chi connectivity index (χ4n) is 0.504. The van der Waals surface area contributed by atoms with Gasteiger partial charge in [-0.1, -0.05) is 0 Å². The van der Waals surface area contributed by atoms with Crippen LogP contribution in [0.5, 0.6) is 5.75 Å². The van der Waals surface area contributed by atoms with E-state index in [4.69, 9.17) is 4.74 Å². The van der Waals surface area contributed by atoms with Gasteiger partial charge in [-0.05, 0) is 22.0 Å². The number of hydrogen-bond acceptors (Lipinski definition) is 2. The summed E-state index contributed by atoms with van der Waals surface area (Å²) in [5.74, 6) is 0.768. The van der Waals surface area contributed by atoms with Gasteiger partial charge in [0.15, 0.2) is 0 Å². The minimum atomic E-state index is 0. The summed E-state index contributed by atoms with van der Waals surface area (Å²) in [5.41, 5.74) is 0. The molecule has 0 aliphatic carbocycles. The molecule has 1 aromatic heterocycles. The molecule has 10 heavy (non-hydrogen) atoms. The molecule has 1 heterocycles. The van der Waals surface area contributed by atoms with Crippen molar-refractivity contribution in [3.8, 4) is 5.75 Å². The molecule has 0 saturated heterocycles. The maximum absolute atomic E-state index is 4.90. The molecule has 0 unspecified atom stereocenters. The van der Waals surface area contributed by atoms with Crippen molar-refractivity contribution in [3.05, 3.63) is 22.9 Å². The Morgan fingerprint density at radius 2 is 2.20 bits per heavy atom. The van der Waals surface area contributed by atoms with E-state index in [1.54, 1.807) is 19.5 Å². The molecule has 0 atom stereocenters. The zero-order valence-electron chi connectivity index (χ0n) is 5.97. The van der Waals surface area contributed by atoms with E-state index < -0.39 is 0 Å². The van der Waals surface area contributed by atoms with Crippen molar-refractivity contribution >= 4 is 45.5 Å². The maximum Gasteiger partial charge on any atom is 0.138 e. The van der Waals surface area contributed by atoms with Gasteiger partial charge in [-0.25, -0.2) is 0 Å². The number of pyridine rings is 1. The summed E-state index contributed by atoms with van der Waals surface area (Å²) < 4.78 is 5.83. The topological polar surface area (TPSA) is 22.1 Å². The maximum atomic E-state index is 4.90. The van der Waals surface area contributed by atoms with Gasteiger partial charge >= 0.3 is 0 Å². The molecular formula is C6H6BrNNaO. The monoisotopic (exact) mass is 210 g/mol. The van der Waals surface area contributed by atoms with E-state index in [9.17, 15) is 0 Å². The summed E-state index contributed by atoms with van der Waals surface area (Å²) in [6.07, 6.45) is 3.37. The Hall–Kier alpha value is 0.430. The minimum absolute atomic E-state index is 0. The molecule has 0 N–H and O–H groups in total. The molecule has 1 rings (SSSR count). The Labute approximate surface area is 90.4 Å². The molecule has 0 aliphatic rings. The Morgan fingerprint density at radius 1 is 1.50 bits per heavy atom. The summed E-state index contributed by atoms with van der Waals surface area (Å²) in [6, 6.07) is 1.85. The Balaban J connectivity index is 0.000000810. The van der Waals surface area contributed by atoms with Gasteiger partial charge in [-0.3, -0.25) is 4.98 Å². The third-order valence-electron chi connectivity index (χ3n) is 0.915. The van der Waals surface area contributed by atoms with Gasteiger partial charge in [0, 0.05) is 40.2 Å². The minimum Gasteiger partial charge on any atom is -0.495 e. The molecule has 0 aromatic carbocycles. The third-order valence-corrected chi connectivity index (χ3v) is 1.35. The van der Waals surface area contributed by atoms with E-state index in [0.29, 0.717) is 0 Å². The summed E-state index contributed by atoms with van der Waals surface area (Å²) in [4.78, 5) is 3.88. The summed E-state index contributed by atoms with van der Waals surface area (Å²) in [5, 5.41) is 0. The number of halogens is 1. The Kier molecular flexibility index (Phi) is 5.35. The first-order valence-corrected chi connectivity index (χ1v) is 3.27. The van der Waals surface area contributed by atoms with Crippen LogP contribution in [-0.2, 0) is 0 Å². The number of rotatable bonds is 1. The summed E-state index contributed by atoms with van der Waals surface area (Å²) in [6.45, 7) is 0. The van der Waals surface area contributed by atoms with Gasteiger partial charge in [0.25, 0.3) is 0 Å². The molecule has 0 saturated carbocycles. The van der Waals surface area contributed by atoms with E-state index in [1.165, 1.54) is 0 Å². The normalized spacial score (nSPS) is 8.20. The van der Waals surface area contributed by atoms with Crippen molar-refractivity contribution < 1.29 is 4.74 Å². The molecule has 0 bridgehead atoms. The molecule has 1 aromatic rings. The van der Waals surface area contributed by atoms with E-state index in [1.807, 2.05) is 6.07 Å². The molecule has 4 heteroatoms. The van der Waals surface area contributed by atoms with Crippen molar-refractivity contribution in [1.82, 2.24) is 4.98 Å². The van der Waals surface area contributed by atoms with Crippen LogP contribution in [0.2, 0.25) is 0 Å². The van der Waals surface area contributed by atoms with Crippen LogP contribution in [0.1, 0.15) is 0 Å². The van der Waals surface area contributed by atoms with E-state index >= 15 is 0 Å². The molecule has 2 nitrogen and oxygen atoms in total. The first-order valence-electron chi connectivity index (χ1n) is 2.47. The SMILES string of the molecule is COc1cncc(Br)c1.[Na]. The van der Waals surface area contributed by atoms with Gasteiger partial charge in [0.1, 0.15) is 5.75 Å². The summed E-state index contributed by atoms with van der Waals surface area (Å²) >= 11 is 3.26. The first kappa shape index (κ1) is 10.4. The van der Waals surface area contributed by atoms with Crippen LogP contribution >= 0.6 is 15.9 Å². The van der Waals surface area contributed by atoms with Crippen LogP contribution in [0.4, 0.5) is 0 Å². The van der Waals surface area contributed by atoms with Gasteiger partial charge in [-0.15, -0.1) is 0 Å². The second-order valence-electron chi connectivity index (χ2n) is 1.54. The Morgan fingerprint density at radius 3 is 2.60 bits per heavy atom. The predicted octanol–water partition coefficient (Wildman–Crippen LogP) is 1.47. The third kappa shape index (κ3) is 3.01. The van der Waals surface area contributed by atoms with Gasteiger partial charge in [0.05, 0.1) is 13.3 Å². The zero-order valence-corrected chi connectivity index (χ0v) is 9.55. The van der Waals surface area contributed by atoms with Crippen LogP contribution in [0.15, 0.2) is 22.9 Å². The van der Waals surface area contributed by atoms with Crippen LogP contribution < -0.4 is 4.74 Å². The van der Waals surface area contributed by atoms with Crippen LogP contribution in [0.25, 0.3) is 0 Å².